The molecule has 0 spiro atoms. The van der Waals surface area contributed by atoms with Crippen molar-refractivity contribution in [2.45, 2.75) is 25.8 Å². The van der Waals surface area contributed by atoms with Crippen LogP contribution in [0, 0.1) is 0 Å². The molecule has 1 saturated heterocycles. The number of piperidine rings is 1. The predicted molar refractivity (Wildman–Crippen MR) is 104 cm³/mol. The fraction of sp³-hybridized carbons (Fsp3) is 0.350. The van der Waals surface area contributed by atoms with Crippen molar-refractivity contribution in [1.29, 1.82) is 0 Å². The summed E-state index contributed by atoms with van der Waals surface area (Å²) in [5.74, 6) is 0.321. The number of amides is 2. The summed E-state index contributed by atoms with van der Waals surface area (Å²) in [4.78, 5) is 29.9. The van der Waals surface area contributed by atoms with E-state index < -0.39 is 0 Å². The highest BCUT2D eigenvalue weighted by Gasteiger charge is 2.23. The smallest absolute Gasteiger partial charge is 0.409 e. The molecule has 2 N–H and O–H groups in total. The highest BCUT2D eigenvalue weighted by Crippen LogP contribution is 2.18. The number of rotatable bonds is 5. The maximum atomic E-state index is 12.1. The van der Waals surface area contributed by atoms with Gasteiger partial charge in [0.15, 0.2) is 0 Å². The lowest BCUT2D eigenvalue weighted by Crippen LogP contribution is -2.42. The van der Waals surface area contributed by atoms with Gasteiger partial charge in [0.1, 0.15) is 5.82 Å². The van der Waals surface area contributed by atoms with Gasteiger partial charge in [-0.3, -0.25) is 4.79 Å². The zero-order valence-corrected chi connectivity index (χ0v) is 15.4. The largest absolute Gasteiger partial charge is 0.450 e. The van der Waals surface area contributed by atoms with E-state index in [1.807, 2.05) is 31.2 Å². The zero-order chi connectivity index (χ0) is 19.1. The van der Waals surface area contributed by atoms with Crippen LogP contribution >= 0.6 is 0 Å². The zero-order valence-electron chi connectivity index (χ0n) is 15.4. The highest BCUT2D eigenvalue weighted by atomic mass is 16.6. The molecule has 2 amide bonds. The number of carbonyl (C=O) groups excluding carboxylic acids is 2. The molecule has 1 aromatic heterocycles. The summed E-state index contributed by atoms with van der Waals surface area (Å²) in [6.45, 7) is 3.56. The molecule has 27 heavy (non-hydrogen) atoms. The van der Waals surface area contributed by atoms with Crippen molar-refractivity contribution in [2.75, 3.05) is 30.3 Å². The molecular weight excluding hydrogens is 344 g/mol. The third-order valence-corrected chi connectivity index (χ3v) is 4.43. The maximum Gasteiger partial charge on any atom is 0.409 e. The molecule has 2 aromatic rings. The Kier molecular flexibility index (Phi) is 6.25. The van der Waals surface area contributed by atoms with Gasteiger partial charge < -0.3 is 20.3 Å². The molecular formula is C20H24N4O3. The lowest BCUT2D eigenvalue weighted by atomic mass is 10.1. The average Bonchev–Trinajstić information content (AvgIpc) is 2.71. The van der Waals surface area contributed by atoms with Gasteiger partial charge in [0, 0.05) is 24.7 Å². The van der Waals surface area contributed by atoms with E-state index in [4.69, 9.17) is 4.74 Å². The molecule has 0 bridgehead atoms. The molecule has 7 heteroatoms. The summed E-state index contributed by atoms with van der Waals surface area (Å²) in [5.41, 5.74) is 1.48. The van der Waals surface area contributed by atoms with E-state index in [1.54, 1.807) is 29.3 Å². The first kappa shape index (κ1) is 18.7. The van der Waals surface area contributed by atoms with Crippen molar-refractivity contribution in [1.82, 2.24) is 9.88 Å². The van der Waals surface area contributed by atoms with Crippen molar-refractivity contribution >= 4 is 23.5 Å². The number of hydrogen-bond donors (Lipinski definition) is 2. The first-order valence-electron chi connectivity index (χ1n) is 9.16. The molecule has 1 aromatic carbocycles. The second kappa shape index (κ2) is 9.02. The SMILES string of the molecule is CCOC(=O)N1CCC(Nc2ccc(NC(=O)c3ccccc3)nc2)CC1. The number of benzene rings is 1. The lowest BCUT2D eigenvalue weighted by molar-refractivity contribution is 0.0981. The van der Waals surface area contributed by atoms with E-state index in [0.29, 0.717) is 31.1 Å². The van der Waals surface area contributed by atoms with E-state index in [2.05, 4.69) is 15.6 Å². The van der Waals surface area contributed by atoms with E-state index in [-0.39, 0.29) is 18.0 Å². The topological polar surface area (TPSA) is 83.6 Å². The van der Waals surface area contributed by atoms with Crippen molar-refractivity contribution in [2.24, 2.45) is 0 Å². The molecule has 0 radical (unpaired) electrons. The standard InChI is InChI=1S/C20H24N4O3/c1-2-27-20(26)24-12-10-16(11-13-24)22-17-8-9-18(21-14-17)23-19(25)15-6-4-3-5-7-15/h3-9,14,16,22H,2,10-13H2,1H3,(H,21,23,25). The number of likely N-dealkylation sites (tertiary alicyclic amines) is 1. The molecule has 142 valence electrons. The molecule has 3 rings (SSSR count). The van der Waals surface area contributed by atoms with Crippen LogP contribution in [0.4, 0.5) is 16.3 Å². The number of nitrogens with one attached hydrogen (secondary N) is 2. The van der Waals surface area contributed by atoms with Crippen molar-refractivity contribution in [3.05, 3.63) is 54.2 Å². The monoisotopic (exact) mass is 368 g/mol. The molecule has 0 saturated carbocycles. The van der Waals surface area contributed by atoms with Gasteiger partial charge in [-0.2, -0.15) is 0 Å². The number of carbonyl (C=O) groups is 2. The van der Waals surface area contributed by atoms with Gasteiger partial charge in [0.2, 0.25) is 0 Å². The van der Waals surface area contributed by atoms with Crippen LogP contribution in [-0.2, 0) is 4.74 Å². The Morgan fingerprint density at radius 2 is 1.89 bits per heavy atom. The first-order valence-corrected chi connectivity index (χ1v) is 9.16. The van der Waals surface area contributed by atoms with E-state index >= 15 is 0 Å². The predicted octanol–water partition coefficient (Wildman–Crippen LogP) is 3.37. The minimum atomic E-state index is -0.240. The van der Waals surface area contributed by atoms with Gasteiger partial charge in [-0.1, -0.05) is 18.2 Å². The third-order valence-electron chi connectivity index (χ3n) is 4.43. The number of aromatic nitrogens is 1. The van der Waals surface area contributed by atoms with Crippen LogP contribution < -0.4 is 10.6 Å². The minimum Gasteiger partial charge on any atom is -0.450 e. The van der Waals surface area contributed by atoms with Crippen LogP contribution in [0.3, 0.4) is 0 Å². The Morgan fingerprint density at radius 1 is 1.15 bits per heavy atom. The summed E-state index contributed by atoms with van der Waals surface area (Å²) in [6, 6.07) is 13.0. The summed E-state index contributed by atoms with van der Waals surface area (Å²) >= 11 is 0. The molecule has 0 atom stereocenters. The lowest BCUT2D eigenvalue weighted by Gasteiger charge is -2.32. The number of ether oxygens (including phenoxy) is 1. The summed E-state index contributed by atoms with van der Waals surface area (Å²) in [5, 5.41) is 6.21. The fourth-order valence-electron chi connectivity index (χ4n) is 2.99. The molecule has 0 unspecified atom stereocenters. The van der Waals surface area contributed by atoms with Crippen LogP contribution in [0.15, 0.2) is 48.7 Å². The summed E-state index contributed by atoms with van der Waals surface area (Å²) in [7, 11) is 0. The fourth-order valence-corrected chi connectivity index (χ4v) is 2.99. The Labute approximate surface area is 158 Å². The van der Waals surface area contributed by atoms with Crippen LogP contribution in [0.25, 0.3) is 0 Å². The first-order chi connectivity index (χ1) is 13.2. The Hall–Kier alpha value is -3.09. The number of anilines is 2. The maximum absolute atomic E-state index is 12.1. The Bertz CT molecular complexity index is 757. The van der Waals surface area contributed by atoms with Gasteiger partial charge in [-0.15, -0.1) is 0 Å². The van der Waals surface area contributed by atoms with E-state index in [1.165, 1.54) is 0 Å². The van der Waals surface area contributed by atoms with Crippen LogP contribution in [-0.4, -0.2) is 47.6 Å². The summed E-state index contributed by atoms with van der Waals surface area (Å²) in [6.07, 6.45) is 3.17. The molecule has 1 aliphatic rings. The van der Waals surface area contributed by atoms with Crippen LogP contribution in [0.2, 0.25) is 0 Å². The van der Waals surface area contributed by atoms with Gasteiger partial charge in [-0.05, 0) is 44.0 Å². The van der Waals surface area contributed by atoms with Gasteiger partial charge in [0.25, 0.3) is 5.91 Å². The van der Waals surface area contributed by atoms with E-state index in [9.17, 15) is 9.59 Å². The Morgan fingerprint density at radius 3 is 2.52 bits per heavy atom. The second-order valence-electron chi connectivity index (χ2n) is 6.36. The summed E-state index contributed by atoms with van der Waals surface area (Å²) < 4.78 is 5.03. The second-order valence-corrected chi connectivity index (χ2v) is 6.36. The molecule has 1 fully saturated rings. The van der Waals surface area contributed by atoms with Crippen LogP contribution in [0.1, 0.15) is 30.1 Å². The van der Waals surface area contributed by atoms with Crippen molar-refractivity contribution < 1.29 is 14.3 Å². The Balaban J connectivity index is 1.48. The quantitative estimate of drug-likeness (QED) is 0.845. The van der Waals surface area contributed by atoms with Gasteiger partial charge >= 0.3 is 6.09 Å². The third kappa shape index (κ3) is 5.20. The normalized spacial score (nSPS) is 14.5. The molecule has 0 aliphatic carbocycles. The molecule has 7 nitrogen and oxygen atoms in total. The average molecular weight is 368 g/mol. The highest BCUT2D eigenvalue weighted by molar-refractivity contribution is 6.03. The molecule has 2 heterocycles. The minimum absolute atomic E-state index is 0.185. The number of pyridine rings is 1. The van der Waals surface area contributed by atoms with Crippen LogP contribution in [0.5, 0.6) is 0 Å². The van der Waals surface area contributed by atoms with Gasteiger partial charge in [0.05, 0.1) is 18.5 Å². The number of hydrogen-bond acceptors (Lipinski definition) is 5. The van der Waals surface area contributed by atoms with Crippen molar-refractivity contribution in [3.8, 4) is 0 Å². The van der Waals surface area contributed by atoms with Gasteiger partial charge in [-0.25, -0.2) is 9.78 Å². The molecule has 1 aliphatic heterocycles. The van der Waals surface area contributed by atoms with E-state index in [0.717, 1.165) is 18.5 Å². The number of nitrogens with zero attached hydrogens (tertiary/aromatic N) is 2. The van der Waals surface area contributed by atoms with Crippen molar-refractivity contribution in [3.63, 3.8) is 0 Å².